The van der Waals surface area contributed by atoms with Gasteiger partial charge >= 0.3 is 0 Å². The molecule has 1 saturated heterocycles. The van der Waals surface area contributed by atoms with E-state index in [2.05, 4.69) is 16.3 Å². The molecule has 0 aromatic heterocycles. The summed E-state index contributed by atoms with van der Waals surface area (Å²) in [5, 5.41) is 3.37. The Kier molecular flexibility index (Phi) is 5.49. The Morgan fingerprint density at radius 2 is 1.70 bits per heavy atom. The van der Waals surface area contributed by atoms with Crippen LogP contribution in [0.4, 0.5) is 0 Å². The average molecular weight is 280 g/mol. The molecule has 1 fully saturated rings. The second-order valence-electron chi connectivity index (χ2n) is 4.84. The lowest BCUT2D eigenvalue weighted by atomic mass is 10.1. The molecule has 2 rings (SSSR count). The first-order chi connectivity index (χ1) is 9.80. The molecule has 0 spiro atoms. The maximum Gasteiger partial charge on any atom is 0.203 e. The molecular formula is C15H24N2O3. The molecule has 0 bridgehead atoms. The highest BCUT2D eigenvalue weighted by molar-refractivity contribution is 5.55. The van der Waals surface area contributed by atoms with Gasteiger partial charge in [0.2, 0.25) is 5.75 Å². The van der Waals surface area contributed by atoms with Gasteiger partial charge in [-0.15, -0.1) is 0 Å². The quantitative estimate of drug-likeness (QED) is 0.847. The Balaban J connectivity index is 2.10. The van der Waals surface area contributed by atoms with Crippen LogP contribution in [-0.2, 0) is 6.42 Å². The number of nitrogens with zero attached hydrogens (tertiary/aromatic N) is 1. The summed E-state index contributed by atoms with van der Waals surface area (Å²) in [6.07, 6.45) is 0.948. The van der Waals surface area contributed by atoms with Gasteiger partial charge in [0.15, 0.2) is 11.5 Å². The SMILES string of the molecule is COc1ccc(CCN2CCNCC2)c(OC)c1OC. The van der Waals surface area contributed by atoms with Crippen LogP contribution in [0, 0.1) is 0 Å². The molecule has 1 aliphatic rings. The van der Waals surface area contributed by atoms with E-state index in [1.807, 2.05) is 6.07 Å². The molecule has 1 heterocycles. The first kappa shape index (κ1) is 14.9. The average Bonchev–Trinajstić information content (AvgIpc) is 2.52. The predicted octanol–water partition coefficient (Wildman–Crippen LogP) is 1.16. The zero-order chi connectivity index (χ0) is 14.4. The number of piperazine rings is 1. The van der Waals surface area contributed by atoms with Crippen LogP contribution < -0.4 is 19.5 Å². The molecule has 1 aromatic rings. The van der Waals surface area contributed by atoms with E-state index in [0.29, 0.717) is 11.5 Å². The minimum absolute atomic E-state index is 0.674. The zero-order valence-corrected chi connectivity index (χ0v) is 12.6. The molecule has 0 radical (unpaired) electrons. The molecule has 112 valence electrons. The van der Waals surface area contributed by atoms with Crippen molar-refractivity contribution in [1.29, 1.82) is 0 Å². The number of rotatable bonds is 6. The van der Waals surface area contributed by atoms with Gasteiger partial charge in [-0.25, -0.2) is 0 Å². The molecule has 0 amide bonds. The molecule has 0 atom stereocenters. The molecule has 0 saturated carbocycles. The molecular weight excluding hydrogens is 256 g/mol. The summed E-state index contributed by atoms with van der Waals surface area (Å²) in [5.41, 5.74) is 1.16. The fourth-order valence-corrected chi connectivity index (χ4v) is 2.57. The van der Waals surface area contributed by atoms with Crippen LogP contribution in [0.3, 0.4) is 0 Å². The van der Waals surface area contributed by atoms with Gasteiger partial charge in [0, 0.05) is 32.7 Å². The van der Waals surface area contributed by atoms with Gasteiger partial charge in [0.1, 0.15) is 0 Å². The van der Waals surface area contributed by atoms with Crippen LogP contribution in [0.15, 0.2) is 12.1 Å². The summed E-state index contributed by atoms with van der Waals surface area (Å²) in [4.78, 5) is 2.46. The maximum atomic E-state index is 5.51. The van der Waals surface area contributed by atoms with E-state index in [9.17, 15) is 0 Å². The minimum Gasteiger partial charge on any atom is -0.493 e. The molecule has 20 heavy (non-hydrogen) atoms. The first-order valence-corrected chi connectivity index (χ1v) is 7.01. The fourth-order valence-electron chi connectivity index (χ4n) is 2.57. The third kappa shape index (κ3) is 3.35. The summed E-state index contributed by atoms with van der Waals surface area (Å²) in [6, 6.07) is 4.00. The van der Waals surface area contributed by atoms with Gasteiger partial charge in [0.05, 0.1) is 21.3 Å². The monoisotopic (exact) mass is 280 g/mol. The van der Waals surface area contributed by atoms with Crippen molar-refractivity contribution in [3.63, 3.8) is 0 Å². The largest absolute Gasteiger partial charge is 0.493 e. The van der Waals surface area contributed by atoms with Crippen LogP contribution >= 0.6 is 0 Å². The van der Waals surface area contributed by atoms with E-state index in [4.69, 9.17) is 14.2 Å². The number of ether oxygens (including phenoxy) is 3. The normalized spacial score (nSPS) is 15.9. The topological polar surface area (TPSA) is 43.0 Å². The van der Waals surface area contributed by atoms with Crippen LogP contribution in [0.25, 0.3) is 0 Å². The second-order valence-corrected chi connectivity index (χ2v) is 4.84. The van der Waals surface area contributed by atoms with Crippen LogP contribution in [0.2, 0.25) is 0 Å². The van der Waals surface area contributed by atoms with Crippen molar-refractivity contribution in [2.24, 2.45) is 0 Å². The van der Waals surface area contributed by atoms with Gasteiger partial charge in [0.25, 0.3) is 0 Å². The summed E-state index contributed by atoms with van der Waals surface area (Å²) in [7, 11) is 4.95. The van der Waals surface area contributed by atoms with Crippen molar-refractivity contribution in [3.8, 4) is 17.2 Å². The van der Waals surface area contributed by atoms with E-state index in [1.54, 1.807) is 21.3 Å². The van der Waals surface area contributed by atoms with Crippen molar-refractivity contribution in [1.82, 2.24) is 10.2 Å². The standard InChI is InChI=1S/C15H24N2O3/c1-18-13-5-4-12(14(19-2)15(13)20-3)6-9-17-10-7-16-8-11-17/h4-5,16H,6-11H2,1-3H3. The number of benzene rings is 1. The molecule has 5 nitrogen and oxygen atoms in total. The number of methoxy groups -OCH3 is 3. The lowest BCUT2D eigenvalue weighted by Gasteiger charge is -2.27. The van der Waals surface area contributed by atoms with Gasteiger partial charge < -0.3 is 24.4 Å². The van der Waals surface area contributed by atoms with Crippen LogP contribution in [-0.4, -0.2) is 59.0 Å². The Hall–Kier alpha value is -1.46. The summed E-state index contributed by atoms with van der Waals surface area (Å²) >= 11 is 0. The lowest BCUT2D eigenvalue weighted by Crippen LogP contribution is -2.44. The highest BCUT2D eigenvalue weighted by Gasteiger charge is 2.17. The molecule has 0 aliphatic carbocycles. The van der Waals surface area contributed by atoms with E-state index >= 15 is 0 Å². The van der Waals surface area contributed by atoms with E-state index in [-0.39, 0.29) is 0 Å². The van der Waals surface area contributed by atoms with Gasteiger partial charge in [-0.3, -0.25) is 0 Å². The summed E-state index contributed by atoms with van der Waals surface area (Å²) < 4.78 is 16.2. The molecule has 5 heteroatoms. The fraction of sp³-hybridized carbons (Fsp3) is 0.600. The highest BCUT2D eigenvalue weighted by atomic mass is 16.5. The van der Waals surface area contributed by atoms with Crippen LogP contribution in [0.5, 0.6) is 17.2 Å². The summed E-state index contributed by atoms with van der Waals surface area (Å²) in [6.45, 7) is 5.39. The first-order valence-electron chi connectivity index (χ1n) is 7.01. The van der Waals surface area contributed by atoms with Crippen molar-refractivity contribution in [2.75, 3.05) is 54.1 Å². The van der Waals surface area contributed by atoms with Crippen molar-refractivity contribution in [3.05, 3.63) is 17.7 Å². The Bertz CT molecular complexity index is 431. The Morgan fingerprint density at radius 3 is 2.30 bits per heavy atom. The van der Waals surface area contributed by atoms with Gasteiger partial charge in [-0.05, 0) is 18.1 Å². The number of hydrogen-bond acceptors (Lipinski definition) is 5. The number of hydrogen-bond donors (Lipinski definition) is 1. The summed E-state index contributed by atoms with van der Waals surface area (Å²) in [5.74, 6) is 2.16. The van der Waals surface area contributed by atoms with Crippen molar-refractivity contribution < 1.29 is 14.2 Å². The number of nitrogens with one attached hydrogen (secondary N) is 1. The van der Waals surface area contributed by atoms with E-state index in [1.165, 1.54) is 0 Å². The molecule has 1 aromatic carbocycles. The third-order valence-corrected chi connectivity index (χ3v) is 3.69. The third-order valence-electron chi connectivity index (χ3n) is 3.69. The van der Waals surface area contributed by atoms with Gasteiger partial charge in [-0.1, -0.05) is 6.07 Å². The highest BCUT2D eigenvalue weighted by Crippen LogP contribution is 2.39. The van der Waals surface area contributed by atoms with E-state index in [0.717, 1.165) is 50.5 Å². The van der Waals surface area contributed by atoms with Crippen LogP contribution in [0.1, 0.15) is 5.56 Å². The van der Waals surface area contributed by atoms with Gasteiger partial charge in [-0.2, -0.15) is 0 Å². The molecule has 0 unspecified atom stereocenters. The van der Waals surface area contributed by atoms with Crippen molar-refractivity contribution >= 4 is 0 Å². The zero-order valence-electron chi connectivity index (χ0n) is 12.6. The second kappa shape index (κ2) is 7.36. The van der Waals surface area contributed by atoms with E-state index < -0.39 is 0 Å². The predicted molar refractivity (Wildman–Crippen MR) is 79.1 cm³/mol. The van der Waals surface area contributed by atoms with Crippen molar-refractivity contribution in [2.45, 2.75) is 6.42 Å². The Morgan fingerprint density at radius 1 is 1.00 bits per heavy atom. The minimum atomic E-state index is 0.674. The smallest absolute Gasteiger partial charge is 0.203 e. The molecule has 1 aliphatic heterocycles. The maximum absolute atomic E-state index is 5.51. The molecule has 1 N–H and O–H groups in total. The Labute approximate surface area is 120 Å². The lowest BCUT2D eigenvalue weighted by molar-refractivity contribution is 0.242.